The van der Waals surface area contributed by atoms with E-state index >= 15 is 0 Å². The molecule has 0 saturated carbocycles. The summed E-state index contributed by atoms with van der Waals surface area (Å²) in [4.78, 5) is 3.08. The van der Waals surface area contributed by atoms with E-state index < -0.39 is 20.4 Å². The third-order valence-electron chi connectivity index (χ3n) is 8.41. The minimum atomic E-state index is -4.15. The van der Waals surface area contributed by atoms with E-state index in [1.165, 1.54) is 29.5 Å². The van der Waals surface area contributed by atoms with Gasteiger partial charge >= 0.3 is 10.1 Å². The molecule has 0 heterocycles. The topological polar surface area (TPSA) is 43.4 Å². The first-order valence-electron chi connectivity index (χ1n) is 17.0. The van der Waals surface area contributed by atoms with Crippen molar-refractivity contribution < 1.29 is 12.0 Å². The summed E-state index contributed by atoms with van der Waals surface area (Å²) < 4.78 is 35.8. The zero-order valence-corrected chi connectivity index (χ0v) is 29.4. The molecule has 0 atom stereocenters. The quantitative estimate of drug-likeness (QED) is 0.101. The Hall–Kier alpha value is -2.86. The van der Waals surface area contributed by atoms with Crippen LogP contribution in [0.3, 0.4) is 0 Å². The highest BCUT2D eigenvalue weighted by Crippen LogP contribution is 2.72. The zero-order valence-electron chi connectivity index (χ0n) is 27.8. The van der Waals surface area contributed by atoms with Crippen molar-refractivity contribution in [2.45, 2.75) is 124 Å². The van der Waals surface area contributed by atoms with E-state index in [0.29, 0.717) is 0 Å². The molecule has 4 rings (SSSR count). The first-order chi connectivity index (χ1) is 21.9. The Balaban J connectivity index is 2.09. The van der Waals surface area contributed by atoms with Gasteiger partial charge in [-0.3, -0.25) is 0 Å². The summed E-state index contributed by atoms with van der Waals surface area (Å²) in [6.45, 7) is 8.69. The largest absolute Gasteiger partial charge is 0.307 e. The first kappa shape index (κ1) is 35.0. The van der Waals surface area contributed by atoms with Crippen LogP contribution in [0.1, 0.15) is 101 Å². The SMILES string of the molecule is CCCCCc1cc(CCCCC)c(S(OS(=O)(=O)c2ccc(C)cc2)(c2ccccc2)c2ccccc2)c(CCCCC)c1. The summed E-state index contributed by atoms with van der Waals surface area (Å²) in [7, 11) is -6.87. The fourth-order valence-electron chi connectivity index (χ4n) is 6.01. The molecular weight excluding hydrogens is 593 g/mol. The Morgan fingerprint density at radius 3 is 1.42 bits per heavy atom. The van der Waals surface area contributed by atoms with E-state index in [2.05, 4.69) is 57.2 Å². The minimum Gasteiger partial charge on any atom is -0.203 e. The van der Waals surface area contributed by atoms with E-state index in [1.807, 2.05) is 55.5 Å². The molecule has 4 aromatic rings. The van der Waals surface area contributed by atoms with Crippen LogP contribution in [-0.2, 0) is 33.0 Å². The van der Waals surface area contributed by atoms with E-state index in [4.69, 9.17) is 3.63 Å². The second-order valence-corrected chi connectivity index (χ2v) is 16.5. The lowest BCUT2D eigenvalue weighted by molar-refractivity contribution is 0.507. The fourth-order valence-corrected chi connectivity index (χ4v) is 11.7. The predicted octanol–water partition coefficient (Wildman–Crippen LogP) is 11.8. The summed E-state index contributed by atoms with van der Waals surface area (Å²) >= 11 is 0. The third kappa shape index (κ3) is 8.90. The van der Waals surface area contributed by atoms with E-state index in [0.717, 1.165) is 84.5 Å². The monoisotopic (exact) mass is 644 g/mol. The van der Waals surface area contributed by atoms with E-state index in [1.54, 1.807) is 12.1 Å². The van der Waals surface area contributed by atoms with Crippen LogP contribution in [0, 0.1) is 6.92 Å². The smallest absolute Gasteiger partial charge is 0.203 e. The molecule has 0 N–H and O–H groups in total. The van der Waals surface area contributed by atoms with Gasteiger partial charge in [0.2, 0.25) is 0 Å². The molecule has 4 aromatic carbocycles. The number of aryl methyl sites for hydroxylation is 4. The molecule has 0 unspecified atom stereocenters. The molecule has 0 saturated heterocycles. The number of benzene rings is 4. The highest BCUT2D eigenvalue weighted by molar-refractivity contribution is 8.33. The van der Waals surface area contributed by atoms with Crippen molar-refractivity contribution >= 4 is 20.4 Å². The molecule has 0 aromatic heterocycles. The van der Waals surface area contributed by atoms with Crippen LogP contribution in [0.5, 0.6) is 0 Å². The standard InChI is InChI=1S/C40H52O3S2/c1-5-8-13-20-34-31-35(21-14-9-6-2)40(36(32-34)22-15-10-7-3)44(37-23-16-11-17-24-37,38-25-18-12-19-26-38)43-45(41,42)39-29-27-33(4)28-30-39/h11-12,16-19,23-32H,5-10,13-15,20-22H2,1-4H3. The maximum Gasteiger partial charge on any atom is 0.307 e. The summed E-state index contributed by atoms with van der Waals surface area (Å²) in [6.07, 6.45) is 13.0. The lowest BCUT2D eigenvalue weighted by atomic mass is 9.95. The van der Waals surface area contributed by atoms with Crippen molar-refractivity contribution in [1.82, 2.24) is 0 Å². The lowest BCUT2D eigenvalue weighted by Crippen LogP contribution is -2.18. The molecule has 0 amide bonds. The average molecular weight is 645 g/mol. The second kappa shape index (κ2) is 17.2. The maximum absolute atomic E-state index is 14.5. The molecule has 0 aliphatic carbocycles. The highest BCUT2D eigenvalue weighted by Gasteiger charge is 2.41. The predicted molar refractivity (Wildman–Crippen MR) is 191 cm³/mol. The highest BCUT2D eigenvalue weighted by atomic mass is 32.3. The summed E-state index contributed by atoms with van der Waals surface area (Å²) in [6, 6.07) is 32.1. The van der Waals surface area contributed by atoms with Crippen molar-refractivity contribution in [2.75, 3.05) is 0 Å². The number of unbranched alkanes of at least 4 members (excludes halogenated alkanes) is 6. The van der Waals surface area contributed by atoms with Gasteiger partial charge in [0.1, 0.15) is 0 Å². The van der Waals surface area contributed by atoms with Crippen LogP contribution in [0.4, 0.5) is 0 Å². The molecule has 45 heavy (non-hydrogen) atoms. The van der Waals surface area contributed by atoms with Gasteiger partial charge in [0.25, 0.3) is 0 Å². The average Bonchev–Trinajstić information content (AvgIpc) is 3.05. The molecule has 0 aliphatic rings. The van der Waals surface area contributed by atoms with Crippen molar-refractivity contribution in [3.05, 3.63) is 119 Å². The van der Waals surface area contributed by atoms with Gasteiger partial charge in [-0.2, -0.15) is 8.42 Å². The summed E-state index contributed by atoms with van der Waals surface area (Å²) in [5, 5.41) is 0. The lowest BCUT2D eigenvalue weighted by Gasteiger charge is -2.42. The molecule has 0 spiro atoms. The number of rotatable bonds is 18. The van der Waals surface area contributed by atoms with Crippen LogP contribution >= 0.6 is 10.3 Å². The van der Waals surface area contributed by atoms with Gasteiger partial charge < -0.3 is 0 Å². The van der Waals surface area contributed by atoms with Gasteiger partial charge in [-0.25, -0.2) is 3.63 Å². The van der Waals surface area contributed by atoms with Gasteiger partial charge in [0, 0.05) is 14.7 Å². The Morgan fingerprint density at radius 2 is 0.978 bits per heavy atom. The Morgan fingerprint density at radius 1 is 0.533 bits per heavy atom. The van der Waals surface area contributed by atoms with Crippen molar-refractivity contribution in [1.29, 1.82) is 0 Å². The van der Waals surface area contributed by atoms with Crippen LogP contribution in [0.15, 0.2) is 117 Å². The number of hydrogen-bond acceptors (Lipinski definition) is 3. The van der Waals surface area contributed by atoms with Crippen LogP contribution in [0.2, 0.25) is 0 Å². The second-order valence-electron chi connectivity index (χ2n) is 12.1. The molecule has 3 nitrogen and oxygen atoms in total. The van der Waals surface area contributed by atoms with Gasteiger partial charge in [-0.1, -0.05) is 126 Å². The molecule has 5 heteroatoms. The molecule has 0 radical (unpaired) electrons. The molecule has 0 bridgehead atoms. The molecule has 0 aliphatic heterocycles. The van der Waals surface area contributed by atoms with Crippen molar-refractivity contribution in [3.8, 4) is 0 Å². The van der Waals surface area contributed by atoms with Gasteiger partial charge in [-0.15, -0.1) is 0 Å². The van der Waals surface area contributed by atoms with Gasteiger partial charge in [0.15, 0.2) is 0 Å². The Bertz CT molecular complexity index is 1490. The van der Waals surface area contributed by atoms with Gasteiger partial charge in [0.05, 0.1) is 4.90 Å². The van der Waals surface area contributed by atoms with E-state index in [-0.39, 0.29) is 4.90 Å². The van der Waals surface area contributed by atoms with Crippen LogP contribution < -0.4 is 0 Å². The molecule has 0 fully saturated rings. The Kier molecular flexibility index (Phi) is 13.4. The minimum absolute atomic E-state index is 0.188. The molecular formula is C40H52O3S2. The van der Waals surface area contributed by atoms with Crippen LogP contribution in [0.25, 0.3) is 0 Å². The third-order valence-corrected chi connectivity index (χ3v) is 13.8. The molecule has 242 valence electrons. The zero-order chi connectivity index (χ0) is 32.1. The fraction of sp³-hybridized carbons (Fsp3) is 0.400. The summed E-state index contributed by atoms with van der Waals surface area (Å²) in [5.41, 5.74) is 4.85. The number of hydrogen-bond donors (Lipinski definition) is 0. The maximum atomic E-state index is 14.5. The summed E-state index contributed by atoms with van der Waals surface area (Å²) in [5.74, 6) is 0. The van der Waals surface area contributed by atoms with Crippen molar-refractivity contribution in [2.24, 2.45) is 0 Å². The first-order valence-corrected chi connectivity index (χ1v) is 19.9. The van der Waals surface area contributed by atoms with E-state index in [9.17, 15) is 8.42 Å². The van der Waals surface area contributed by atoms with Crippen LogP contribution in [-0.4, -0.2) is 8.42 Å². The van der Waals surface area contributed by atoms with Gasteiger partial charge in [-0.05, 0) is 109 Å². The van der Waals surface area contributed by atoms with Crippen molar-refractivity contribution in [3.63, 3.8) is 0 Å². The normalized spacial score (nSPS) is 12.4. The Labute approximate surface area is 275 Å².